The number of thiazole rings is 1. The Kier molecular flexibility index (Phi) is 3.36. The van der Waals surface area contributed by atoms with Gasteiger partial charge in [0.25, 0.3) is 0 Å². The van der Waals surface area contributed by atoms with Gasteiger partial charge in [0.15, 0.2) is 10.8 Å². The summed E-state index contributed by atoms with van der Waals surface area (Å²) in [5.74, 6) is 0.445. The molecule has 4 rings (SSSR count). The quantitative estimate of drug-likeness (QED) is 0.563. The van der Waals surface area contributed by atoms with E-state index < -0.39 is 10.0 Å². The molecular formula is C17H15N3O2S2. The van der Waals surface area contributed by atoms with Gasteiger partial charge in [0, 0.05) is 12.6 Å². The number of sulfonamides is 1. The predicted octanol–water partition coefficient (Wildman–Crippen LogP) is 3.61. The minimum atomic E-state index is -3.40. The van der Waals surface area contributed by atoms with E-state index in [1.54, 1.807) is 11.3 Å². The van der Waals surface area contributed by atoms with Crippen molar-refractivity contribution >= 4 is 42.4 Å². The van der Waals surface area contributed by atoms with Gasteiger partial charge in [-0.05, 0) is 12.1 Å². The molecule has 5 nitrogen and oxygen atoms in total. The van der Waals surface area contributed by atoms with E-state index in [1.165, 1.54) is 17.6 Å². The van der Waals surface area contributed by atoms with Crippen LogP contribution >= 0.6 is 11.3 Å². The van der Waals surface area contributed by atoms with Gasteiger partial charge in [-0.2, -0.15) is 4.98 Å². The van der Waals surface area contributed by atoms with Crippen molar-refractivity contribution in [2.24, 2.45) is 0 Å². The van der Waals surface area contributed by atoms with Crippen molar-refractivity contribution in [1.29, 1.82) is 0 Å². The Morgan fingerprint density at radius 1 is 1.04 bits per heavy atom. The van der Waals surface area contributed by atoms with Crippen LogP contribution < -0.4 is 4.31 Å². The van der Waals surface area contributed by atoms with Gasteiger partial charge in [0.2, 0.25) is 10.0 Å². The lowest BCUT2D eigenvalue weighted by Crippen LogP contribution is -2.25. The van der Waals surface area contributed by atoms with Gasteiger partial charge in [-0.3, -0.25) is 8.71 Å². The van der Waals surface area contributed by atoms with Crippen LogP contribution in [0.15, 0.2) is 54.6 Å². The summed E-state index contributed by atoms with van der Waals surface area (Å²) >= 11 is 1.55. The highest BCUT2D eigenvalue weighted by atomic mass is 32.2. The van der Waals surface area contributed by atoms with E-state index in [0.717, 1.165) is 26.4 Å². The van der Waals surface area contributed by atoms with Gasteiger partial charge >= 0.3 is 0 Å². The molecule has 2 heterocycles. The SMILES string of the molecule is CN(c1nc2sc3ccccc3n2c1-c1ccccc1)S(C)(=O)=O. The standard InChI is InChI=1S/C17H15N3O2S2/c1-19(24(2,21)22)16-15(12-8-4-3-5-9-12)20-13-10-6-7-11-14(13)23-17(20)18-16/h3-11H,1-2H3. The second-order valence-electron chi connectivity index (χ2n) is 5.57. The number of anilines is 1. The molecule has 4 aromatic rings. The molecule has 0 atom stereocenters. The Bertz CT molecular complexity index is 1140. The average molecular weight is 357 g/mol. The van der Waals surface area contributed by atoms with Gasteiger partial charge < -0.3 is 0 Å². The summed E-state index contributed by atoms with van der Waals surface area (Å²) < 4.78 is 28.5. The number of rotatable bonds is 3. The monoisotopic (exact) mass is 357 g/mol. The second kappa shape index (κ2) is 5.32. The van der Waals surface area contributed by atoms with Crippen LogP contribution in [0.5, 0.6) is 0 Å². The molecule has 0 saturated carbocycles. The zero-order valence-corrected chi connectivity index (χ0v) is 14.8. The Balaban J connectivity index is 2.14. The van der Waals surface area contributed by atoms with Crippen LogP contribution in [0.2, 0.25) is 0 Å². The number of nitrogens with zero attached hydrogens (tertiary/aromatic N) is 3. The first-order valence-corrected chi connectivity index (χ1v) is 10.0. The third-order valence-corrected chi connectivity index (χ3v) is 6.17. The number of aromatic nitrogens is 2. The number of para-hydroxylation sites is 1. The topological polar surface area (TPSA) is 54.7 Å². The maximum atomic E-state index is 12.1. The normalized spacial score (nSPS) is 12.1. The largest absolute Gasteiger partial charge is 0.281 e. The van der Waals surface area contributed by atoms with Crippen LogP contribution in [-0.2, 0) is 10.0 Å². The number of imidazole rings is 1. The van der Waals surface area contributed by atoms with Gasteiger partial charge in [-0.25, -0.2) is 8.42 Å². The molecule has 24 heavy (non-hydrogen) atoms. The molecule has 7 heteroatoms. The van der Waals surface area contributed by atoms with Gasteiger partial charge in [-0.1, -0.05) is 53.8 Å². The molecule has 0 bridgehead atoms. The van der Waals surface area contributed by atoms with Crippen molar-refractivity contribution in [2.75, 3.05) is 17.6 Å². The molecule has 0 amide bonds. The van der Waals surface area contributed by atoms with Crippen LogP contribution in [0.3, 0.4) is 0 Å². The summed E-state index contributed by atoms with van der Waals surface area (Å²) in [4.78, 5) is 5.40. The zero-order valence-electron chi connectivity index (χ0n) is 13.2. The van der Waals surface area contributed by atoms with E-state index in [4.69, 9.17) is 0 Å². The smallest absolute Gasteiger partial charge is 0.233 e. The highest BCUT2D eigenvalue weighted by molar-refractivity contribution is 7.92. The minimum absolute atomic E-state index is 0.445. The Labute approximate surface area is 143 Å². The molecule has 0 spiro atoms. The zero-order chi connectivity index (χ0) is 16.9. The fourth-order valence-corrected chi connectivity index (χ4v) is 4.20. The summed E-state index contributed by atoms with van der Waals surface area (Å²) in [6.45, 7) is 0. The molecule has 0 saturated heterocycles. The first-order valence-electron chi connectivity index (χ1n) is 7.36. The first-order chi connectivity index (χ1) is 11.5. The van der Waals surface area contributed by atoms with E-state index in [2.05, 4.69) is 4.98 Å². The van der Waals surface area contributed by atoms with Gasteiger partial charge in [0.1, 0.15) is 0 Å². The van der Waals surface area contributed by atoms with E-state index in [1.807, 2.05) is 59.0 Å². The molecule has 0 aliphatic rings. The van der Waals surface area contributed by atoms with Crippen LogP contribution in [0.25, 0.3) is 26.4 Å². The van der Waals surface area contributed by atoms with Gasteiger partial charge in [-0.15, -0.1) is 0 Å². The number of fused-ring (bicyclic) bond motifs is 3. The number of hydrogen-bond acceptors (Lipinski definition) is 4. The van der Waals surface area contributed by atoms with E-state index in [9.17, 15) is 8.42 Å². The van der Waals surface area contributed by atoms with Crippen molar-refractivity contribution in [2.45, 2.75) is 0 Å². The van der Waals surface area contributed by atoms with Crippen molar-refractivity contribution in [1.82, 2.24) is 9.38 Å². The van der Waals surface area contributed by atoms with Gasteiger partial charge in [0.05, 0.1) is 22.2 Å². The molecule has 0 aliphatic carbocycles. The lowest BCUT2D eigenvalue weighted by Gasteiger charge is -2.16. The number of hydrogen-bond donors (Lipinski definition) is 0. The Morgan fingerprint density at radius 2 is 1.71 bits per heavy atom. The van der Waals surface area contributed by atoms with Crippen LogP contribution in [0.1, 0.15) is 0 Å². The summed E-state index contributed by atoms with van der Waals surface area (Å²) in [6, 6.07) is 17.8. The molecule has 0 radical (unpaired) electrons. The van der Waals surface area contributed by atoms with Crippen LogP contribution in [0.4, 0.5) is 5.82 Å². The lowest BCUT2D eigenvalue weighted by molar-refractivity contribution is 0.600. The predicted molar refractivity (Wildman–Crippen MR) is 99.3 cm³/mol. The van der Waals surface area contributed by atoms with Crippen molar-refractivity contribution in [3.63, 3.8) is 0 Å². The van der Waals surface area contributed by atoms with Crippen molar-refractivity contribution in [3.05, 3.63) is 54.6 Å². The molecule has 0 N–H and O–H groups in total. The Hall–Kier alpha value is -2.38. The fraction of sp³-hybridized carbons (Fsp3) is 0.118. The van der Waals surface area contributed by atoms with E-state index >= 15 is 0 Å². The average Bonchev–Trinajstić information content (AvgIpc) is 3.09. The third-order valence-electron chi connectivity index (χ3n) is 3.98. The summed E-state index contributed by atoms with van der Waals surface area (Å²) in [5.41, 5.74) is 2.74. The number of benzene rings is 2. The van der Waals surface area contributed by atoms with E-state index in [0.29, 0.717) is 5.82 Å². The van der Waals surface area contributed by atoms with Crippen LogP contribution in [0, 0.1) is 0 Å². The summed E-state index contributed by atoms with van der Waals surface area (Å²) in [6.07, 6.45) is 1.19. The molecule has 0 aliphatic heterocycles. The summed E-state index contributed by atoms with van der Waals surface area (Å²) in [5, 5.41) is 0. The maximum Gasteiger partial charge on any atom is 0.233 e. The van der Waals surface area contributed by atoms with E-state index in [-0.39, 0.29) is 0 Å². The Morgan fingerprint density at radius 3 is 2.42 bits per heavy atom. The highest BCUT2D eigenvalue weighted by Gasteiger charge is 2.24. The van der Waals surface area contributed by atoms with Crippen molar-refractivity contribution < 1.29 is 8.42 Å². The van der Waals surface area contributed by atoms with Crippen molar-refractivity contribution in [3.8, 4) is 11.3 Å². The lowest BCUT2D eigenvalue weighted by atomic mass is 10.1. The fourth-order valence-electron chi connectivity index (χ4n) is 2.74. The molecule has 122 valence electrons. The minimum Gasteiger partial charge on any atom is -0.281 e. The molecule has 2 aromatic carbocycles. The van der Waals surface area contributed by atoms with Crippen LogP contribution in [-0.4, -0.2) is 31.1 Å². The second-order valence-corrected chi connectivity index (χ2v) is 8.59. The first kappa shape index (κ1) is 15.2. The molecule has 0 fully saturated rings. The maximum absolute atomic E-state index is 12.1. The highest BCUT2D eigenvalue weighted by Crippen LogP contribution is 2.38. The summed E-state index contributed by atoms with van der Waals surface area (Å²) in [7, 11) is -1.86. The molecule has 0 unspecified atom stereocenters. The molecular weight excluding hydrogens is 342 g/mol. The third kappa shape index (κ3) is 2.28. The molecule has 2 aromatic heterocycles.